The van der Waals surface area contributed by atoms with Gasteiger partial charge in [-0.05, 0) is 199 Å². The average Bonchev–Trinajstić information content (AvgIpc) is 1.50. The number of piperazine rings is 2. The van der Waals surface area contributed by atoms with Gasteiger partial charge in [0.15, 0.2) is 80.1 Å². The SMILES string of the molecule is C.C.C.C.COc1cc2c(cc1OC(=O)OC(C)(C)C)CCN[C@]21CS[C@@H]2c3c(O)c(C)c4c(c3[C@H](COC1=O)N1C2[C@H]2c3c(cc(C)c(OC)c3O)C[C@@H]([C@@H]1C#N)N2C)OCO4.COc1cc2c(cc1OC(=O)OC(C)(C)C)CCN[C@]21CS[C@@H]2c3c(OC(=O)OC(C)(C)C)c(C)c4c(c3[C@H](COC1=O)N1C2[C@H]2c3c(cc(C)c(OC)c3O)C[C@@H]([C@@H]1C#N)N2C)OCO4. The number of carbonyl (C=O) groups is 5. The van der Waals surface area contributed by atoms with Crippen molar-refractivity contribution in [2.45, 2.75) is 244 Å². The molecule has 20 rings (SSSR count). The van der Waals surface area contributed by atoms with Gasteiger partial charge >= 0.3 is 30.4 Å². The Bertz CT molecular complexity index is 5600. The quantitative estimate of drug-likeness (QED) is 0.0563. The van der Waals surface area contributed by atoms with Crippen LogP contribution in [0.2, 0.25) is 0 Å². The van der Waals surface area contributed by atoms with Crippen molar-refractivity contribution in [1.29, 1.82) is 10.5 Å². The Kier molecular flexibility index (Phi) is 26.2. The van der Waals surface area contributed by atoms with E-state index in [0.29, 0.717) is 129 Å². The zero-order valence-corrected chi connectivity index (χ0v) is 74.9. The van der Waals surface area contributed by atoms with E-state index in [9.17, 15) is 45.0 Å². The van der Waals surface area contributed by atoms with Crippen molar-refractivity contribution >= 4 is 53.9 Å². The number of aryl methyl sites for hydroxylation is 2. The van der Waals surface area contributed by atoms with Crippen LogP contribution in [0.15, 0.2) is 36.4 Å². The van der Waals surface area contributed by atoms with Gasteiger partial charge in [-0.15, -0.1) is 23.5 Å². The fourth-order valence-electron chi connectivity index (χ4n) is 21.2. The van der Waals surface area contributed by atoms with Crippen molar-refractivity contribution in [2.24, 2.45) is 0 Å². The van der Waals surface area contributed by atoms with Crippen LogP contribution in [0.25, 0.3) is 0 Å². The van der Waals surface area contributed by atoms with Crippen LogP contribution >= 0.6 is 23.5 Å². The van der Waals surface area contributed by atoms with Gasteiger partial charge in [0.2, 0.25) is 13.6 Å². The molecule has 5 N–H and O–H groups in total. The van der Waals surface area contributed by atoms with Crippen molar-refractivity contribution in [3.05, 3.63) is 125 Å². The summed E-state index contributed by atoms with van der Waals surface area (Å²) in [7, 11) is 9.92. The minimum atomic E-state index is -1.49. The van der Waals surface area contributed by atoms with E-state index in [1.807, 2.05) is 40.1 Å². The number of phenolic OH excluding ortho intramolecular Hbond substituents is 3. The molecule has 6 aromatic rings. The molecule has 14 aliphatic heterocycles. The third-order valence-electron chi connectivity index (χ3n) is 26.1. The highest BCUT2D eigenvalue weighted by molar-refractivity contribution is 7.99. The maximum Gasteiger partial charge on any atom is 0.514 e. The number of methoxy groups -OCH3 is 4. The van der Waals surface area contributed by atoms with Gasteiger partial charge in [0.25, 0.3) is 0 Å². The molecule has 4 fully saturated rings. The fourth-order valence-corrected chi connectivity index (χ4v) is 24.6. The third-order valence-corrected chi connectivity index (χ3v) is 29.1. The second-order valence-electron chi connectivity index (χ2n) is 36.7. The summed E-state index contributed by atoms with van der Waals surface area (Å²) in [4.78, 5) is 78.2. The summed E-state index contributed by atoms with van der Waals surface area (Å²) in [6.45, 7) is 23.2. The van der Waals surface area contributed by atoms with Crippen LogP contribution in [-0.2, 0) is 70.0 Å². The summed E-state index contributed by atoms with van der Waals surface area (Å²) >= 11 is 2.88. The van der Waals surface area contributed by atoms with Crippen molar-refractivity contribution in [3.8, 4) is 92.6 Å². The molecule has 4 saturated heterocycles. The number of likely N-dealkylation sites (N-methyl/N-ethyl adjacent to an activating group) is 2. The van der Waals surface area contributed by atoms with E-state index >= 15 is 4.79 Å². The van der Waals surface area contributed by atoms with Crippen molar-refractivity contribution in [3.63, 3.8) is 0 Å². The van der Waals surface area contributed by atoms with Crippen LogP contribution in [0.5, 0.6) is 80.5 Å². The second kappa shape index (κ2) is 35.2. The molecule has 14 aliphatic rings. The molecular weight excluding hydrogens is 1700 g/mol. The van der Waals surface area contributed by atoms with Crippen molar-refractivity contribution in [1.82, 2.24) is 30.2 Å². The number of rotatable bonds is 7. The molecule has 0 aliphatic carbocycles. The van der Waals surface area contributed by atoms with Crippen LogP contribution in [0, 0.1) is 50.4 Å². The first-order valence-electron chi connectivity index (χ1n) is 41.8. The summed E-state index contributed by atoms with van der Waals surface area (Å²) in [5.74, 6) is 2.44. The van der Waals surface area contributed by atoms with E-state index in [2.05, 4.69) is 42.4 Å². The molecule has 0 aromatic heterocycles. The first kappa shape index (κ1) is 95.9. The van der Waals surface area contributed by atoms with E-state index in [-0.39, 0.29) is 126 Å². The highest BCUT2D eigenvalue weighted by atomic mass is 32.2. The van der Waals surface area contributed by atoms with E-state index < -0.39 is 117 Å². The van der Waals surface area contributed by atoms with Crippen LogP contribution in [-0.4, -0.2) is 212 Å². The number of nitriles is 2. The molecule has 0 saturated carbocycles. The number of ether oxygens (including phenoxy) is 16. The molecule has 2 spiro atoms. The molecule has 6 aromatic carbocycles. The molecule has 14 heterocycles. The smallest absolute Gasteiger partial charge is 0.507 e. The predicted molar refractivity (Wildman–Crippen MR) is 479 cm³/mol. The summed E-state index contributed by atoms with van der Waals surface area (Å²) in [5, 5.41) is 64.8. The maximum absolute atomic E-state index is 15.2. The minimum Gasteiger partial charge on any atom is -0.507 e. The lowest BCUT2D eigenvalue weighted by Crippen LogP contribution is -2.69. The first-order valence-corrected chi connectivity index (χ1v) is 43.9. The molecule has 0 amide bonds. The van der Waals surface area contributed by atoms with Crippen molar-refractivity contribution < 1.29 is 115 Å². The molecule has 8 bridgehead atoms. The highest BCUT2D eigenvalue weighted by Crippen LogP contribution is 2.68. The Morgan fingerprint density at radius 2 is 0.853 bits per heavy atom. The number of phenols is 3. The van der Waals surface area contributed by atoms with Gasteiger partial charge in [-0.1, -0.05) is 41.8 Å². The topological polar surface area (TPSA) is 378 Å². The van der Waals surface area contributed by atoms with Crippen molar-refractivity contribution in [2.75, 3.05) is 93.9 Å². The zero-order valence-electron chi connectivity index (χ0n) is 73.3. The summed E-state index contributed by atoms with van der Waals surface area (Å²) in [6.07, 6.45) is -0.807. The Balaban J connectivity index is 0.000000215. The van der Waals surface area contributed by atoms with Gasteiger partial charge in [0.1, 0.15) is 53.6 Å². The highest BCUT2D eigenvalue weighted by Gasteiger charge is 2.65. The van der Waals surface area contributed by atoms with Gasteiger partial charge in [-0.3, -0.25) is 30.2 Å². The van der Waals surface area contributed by atoms with Crippen LogP contribution in [0.4, 0.5) is 14.4 Å². The van der Waals surface area contributed by atoms with E-state index in [1.165, 1.54) is 52.0 Å². The number of carbonyl (C=O) groups excluding carboxylic acids is 5. The largest absolute Gasteiger partial charge is 0.514 e. The number of aromatic hydroxyl groups is 3. The first-order chi connectivity index (χ1) is 59.3. The van der Waals surface area contributed by atoms with Crippen LogP contribution in [0.3, 0.4) is 0 Å². The van der Waals surface area contributed by atoms with Gasteiger partial charge < -0.3 is 91.1 Å². The molecule has 32 nitrogen and oxygen atoms in total. The number of benzene rings is 6. The standard InChI is InChI=1S/C48H56N4O13S.C43H48N4O11S.4CH4/c1-22-14-25-15-27-28(18-49)52-29-19-59-43(54)48(26-17-30(57-10)31(16-24(26)12-13-50-48)62-44(55)64-46(3,4)5)20-66-42(36(52)35(51(27)9)32(25)37(53)38(22)58-11)34-33(29)41-40(60-21-61-41)23(2)39(34)63-45(56)65-47(6,7)8;1-19-11-22-12-24-25(15-44)47-26-16-54-40(50)43(23-14-27(52-7)28(13-21(23)9-10-45-43)57-41(51)58-42(3,4)5)17-59-39(31-30(26)38-37(55-18-56-38)20(2)34(31)48)33(47)32(46(24)6)29(22)35(49)36(19)53-8;;;;/h14,16-17,27-29,35-36,42,50,53H,12-13,15,19-21H2,1-11H3;11,13-14,24-26,32-33,39,45,48-49H,9-10,12,16-18H2,1-8H3;4*1H4/t27-,28-,29-,35+,36?,42+,48+;24-,25-,26-,32+,33?,39+,43+;;;;/m00..../s1. The number of nitrogens with one attached hydrogen (secondary N) is 2. The minimum absolute atomic E-state index is 0. The molecule has 2 unspecified atom stereocenters. The van der Waals surface area contributed by atoms with E-state index in [4.69, 9.17) is 75.8 Å². The molecule has 14 atom stereocenters. The number of hydrogen-bond donors (Lipinski definition) is 5. The monoisotopic (exact) mass is 1820 g/mol. The summed E-state index contributed by atoms with van der Waals surface area (Å²) in [6, 6.07) is 10.3. The number of nitrogens with zero attached hydrogens (tertiary/aromatic N) is 6. The lowest BCUT2D eigenvalue weighted by Gasteiger charge is -2.62. The second-order valence-corrected chi connectivity index (χ2v) is 38.9. The van der Waals surface area contributed by atoms with E-state index in [0.717, 1.165) is 33.4 Å². The third kappa shape index (κ3) is 15.6. The number of fused-ring (bicyclic) bond motifs is 18. The zero-order chi connectivity index (χ0) is 89.2. The van der Waals surface area contributed by atoms with Gasteiger partial charge in [-0.25, -0.2) is 24.0 Å². The predicted octanol–water partition coefficient (Wildman–Crippen LogP) is 14.9. The Labute approximate surface area is 761 Å². The summed E-state index contributed by atoms with van der Waals surface area (Å²) in [5.41, 5.74) is 5.42. The number of hydrogen-bond acceptors (Lipinski definition) is 34. The molecule has 696 valence electrons. The normalized spacial score (nSPS) is 26.3. The summed E-state index contributed by atoms with van der Waals surface area (Å²) < 4.78 is 94.9. The van der Waals surface area contributed by atoms with Gasteiger partial charge in [0, 0.05) is 93.3 Å². The van der Waals surface area contributed by atoms with Gasteiger partial charge in [-0.2, -0.15) is 10.5 Å². The molecule has 0 radical (unpaired) electrons. The molecular formula is C95H120N8O24S2. The molecule has 129 heavy (non-hydrogen) atoms. The van der Waals surface area contributed by atoms with Crippen LogP contribution < -0.4 is 62.7 Å². The lowest BCUT2D eigenvalue weighted by molar-refractivity contribution is -0.158. The van der Waals surface area contributed by atoms with E-state index in [1.54, 1.807) is 100 Å². The maximum atomic E-state index is 15.2. The number of thioether (sulfide) groups is 2. The lowest BCUT2D eigenvalue weighted by atomic mass is 9.71. The number of esters is 2. The Hall–Kier alpha value is -10.7. The van der Waals surface area contributed by atoms with Gasteiger partial charge in [0.05, 0.1) is 75.2 Å². The fraction of sp³-hybridized carbons (Fsp3) is 0.547. The Morgan fingerprint density at radius 1 is 0.473 bits per heavy atom. The van der Waals surface area contributed by atoms with Crippen LogP contribution in [0.1, 0.15) is 216 Å². The average molecular weight is 1820 g/mol. The Morgan fingerprint density at radius 3 is 1.24 bits per heavy atom. The molecule has 34 heteroatoms.